The molecule has 0 spiro atoms. The van der Waals surface area contributed by atoms with Crippen molar-refractivity contribution in [3.8, 4) is 0 Å². The third-order valence-corrected chi connectivity index (χ3v) is 10.8. The molecule has 2 unspecified atom stereocenters. The molecule has 0 N–H and O–H groups in total. The zero-order chi connectivity index (χ0) is 13.5. The van der Waals surface area contributed by atoms with Gasteiger partial charge in [-0.15, -0.1) is 0 Å². The number of rotatable bonds is 2. The minimum absolute atomic E-state index is 0. The van der Waals surface area contributed by atoms with Crippen LogP contribution in [0.25, 0.3) is 12.2 Å². The molecule has 98 valence electrons. The van der Waals surface area contributed by atoms with E-state index in [2.05, 4.69) is 72.8 Å². The van der Waals surface area contributed by atoms with Crippen LogP contribution < -0.4 is 0 Å². The number of hydrogen-bond donors (Lipinski definition) is 0. The Morgan fingerprint density at radius 3 is 1.70 bits per heavy atom. The Balaban J connectivity index is 0.000000882. The van der Waals surface area contributed by atoms with Crippen molar-refractivity contribution < 1.29 is 24.1 Å². The van der Waals surface area contributed by atoms with Gasteiger partial charge in [0.1, 0.15) is 0 Å². The molecule has 0 nitrogen and oxygen atoms in total. The fourth-order valence-electron chi connectivity index (χ4n) is 3.34. The van der Waals surface area contributed by atoms with Crippen LogP contribution in [0, 0.1) is 0 Å². The van der Waals surface area contributed by atoms with Crippen LogP contribution in [-0.4, -0.2) is 4.21 Å². The maximum absolute atomic E-state index is 4.69. The van der Waals surface area contributed by atoms with Crippen LogP contribution in [0.1, 0.15) is 32.4 Å². The summed E-state index contributed by atoms with van der Waals surface area (Å²) in [4.78, 5) is 0. The van der Waals surface area contributed by atoms with Gasteiger partial charge in [-0.2, -0.15) is 0 Å². The van der Waals surface area contributed by atoms with Gasteiger partial charge >= 0.3 is 128 Å². The summed E-state index contributed by atoms with van der Waals surface area (Å²) in [5.74, 6) is 0. The van der Waals surface area contributed by atoms with E-state index in [-0.39, 0.29) is 2.85 Å². The van der Waals surface area contributed by atoms with Crippen LogP contribution in [0.3, 0.4) is 0 Å². The molecule has 0 aliphatic heterocycles. The number of hydrogen-bond acceptors (Lipinski definition) is 0. The van der Waals surface area contributed by atoms with E-state index in [1.807, 2.05) is 0 Å². The summed E-state index contributed by atoms with van der Waals surface area (Å²) in [6, 6.07) is 17.6. The third kappa shape index (κ3) is 1.88. The fraction of sp³-hybridized carbons (Fsp3) is 0.105. The third-order valence-electron chi connectivity index (χ3n) is 4.40. The molecule has 4 rings (SSSR count). The molecule has 2 aliphatic carbocycles. The first kappa shape index (κ1) is 12.4. The van der Waals surface area contributed by atoms with Gasteiger partial charge in [-0.05, 0) is 0 Å². The van der Waals surface area contributed by atoms with Gasteiger partial charge in [0.15, 0.2) is 0 Å². The van der Waals surface area contributed by atoms with Crippen molar-refractivity contribution in [1.29, 1.82) is 0 Å². The molecular formula is C19H18Zr. The molecule has 0 amide bonds. The maximum Gasteiger partial charge on any atom is -1.00 e. The second-order valence-electron chi connectivity index (χ2n) is 5.51. The number of benzene rings is 2. The van der Waals surface area contributed by atoms with E-state index in [1.54, 1.807) is 0 Å². The number of allylic oxidation sites excluding steroid dienone is 2. The predicted octanol–water partition coefficient (Wildman–Crippen LogP) is 4.80. The second kappa shape index (κ2) is 4.90. The van der Waals surface area contributed by atoms with Crippen molar-refractivity contribution in [2.45, 2.75) is 7.25 Å². The Bertz CT molecular complexity index is 698. The summed E-state index contributed by atoms with van der Waals surface area (Å²) in [5.41, 5.74) is 5.81. The molecule has 0 saturated heterocycles. The summed E-state index contributed by atoms with van der Waals surface area (Å²) in [5, 5.41) is 0. The first-order valence-corrected chi connectivity index (χ1v) is 11.7. The van der Waals surface area contributed by atoms with E-state index >= 15 is 0 Å². The summed E-state index contributed by atoms with van der Waals surface area (Å²) in [6.07, 6.45) is 9.38. The fourth-order valence-corrected chi connectivity index (χ4v) is 9.23. The zero-order valence-electron chi connectivity index (χ0n) is 13.3. The quantitative estimate of drug-likeness (QED) is 0.738. The van der Waals surface area contributed by atoms with Gasteiger partial charge in [-0.25, -0.2) is 0 Å². The van der Waals surface area contributed by atoms with E-state index in [9.17, 15) is 0 Å². The van der Waals surface area contributed by atoms with Gasteiger partial charge in [0.2, 0.25) is 0 Å². The normalized spacial score (nSPS) is 21.4. The largest absolute Gasteiger partial charge is 1.00 e. The molecule has 0 heterocycles. The Hall–Kier alpha value is -1.33. The van der Waals surface area contributed by atoms with Crippen molar-refractivity contribution in [3.05, 3.63) is 82.9 Å². The van der Waals surface area contributed by atoms with Gasteiger partial charge in [0.25, 0.3) is 0 Å². The minimum Gasteiger partial charge on any atom is -1.00 e. The molecule has 1 heteroatoms. The Morgan fingerprint density at radius 2 is 1.20 bits per heavy atom. The smallest absolute Gasteiger partial charge is 1.00 e. The van der Waals surface area contributed by atoms with Crippen LogP contribution in [0.15, 0.2) is 60.7 Å². The summed E-state index contributed by atoms with van der Waals surface area (Å²) in [7, 11) is 0. The molecule has 0 radical (unpaired) electrons. The van der Waals surface area contributed by atoms with Crippen LogP contribution in [0.2, 0.25) is 0 Å². The van der Waals surface area contributed by atoms with E-state index in [0.29, 0.717) is 7.25 Å². The summed E-state index contributed by atoms with van der Waals surface area (Å²) >= 11 is -1.85. The summed E-state index contributed by atoms with van der Waals surface area (Å²) in [6.45, 7) is 0. The molecule has 0 fully saturated rings. The molecule has 2 aromatic rings. The van der Waals surface area contributed by atoms with E-state index < -0.39 is 21.3 Å². The van der Waals surface area contributed by atoms with Crippen molar-refractivity contribution in [3.63, 3.8) is 0 Å². The van der Waals surface area contributed by atoms with E-state index in [4.69, 9.17) is 4.21 Å². The van der Waals surface area contributed by atoms with Crippen LogP contribution in [0.4, 0.5) is 0 Å². The second-order valence-corrected chi connectivity index (χ2v) is 11.4. The molecule has 20 heavy (non-hydrogen) atoms. The minimum atomic E-state index is -1.85. The van der Waals surface area contributed by atoms with Gasteiger partial charge in [-0.3, -0.25) is 0 Å². The SMILES string of the molecule is [CH2]=[Zr+2]([CH]1C=Cc2ccccc21)[CH]1C=Cc2ccccc21.[H-].[H-]. The van der Waals surface area contributed by atoms with E-state index in [1.165, 1.54) is 22.3 Å². The summed E-state index contributed by atoms with van der Waals surface area (Å²) < 4.78 is 5.93. The Morgan fingerprint density at radius 1 is 0.750 bits per heavy atom. The molecule has 0 aromatic heterocycles. The first-order valence-electron chi connectivity index (χ1n) is 7.07. The van der Waals surface area contributed by atoms with E-state index in [0.717, 1.165) is 0 Å². The van der Waals surface area contributed by atoms with Crippen LogP contribution in [-0.2, 0) is 21.3 Å². The van der Waals surface area contributed by atoms with Crippen molar-refractivity contribution in [2.75, 3.05) is 0 Å². The van der Waals surface area contributed by atoms with Crippen molar-refractivity contribution in [1.82, 2.24) is 0 Å². The standard InChI is InChI=1S/2C9H7.CH2.Zr.2H/c2*1-2-5-9-7-3-6-8(9)4-1;;;;/h2*1-7H;1H2;;;/q;;;+2;2*-1. The zero-order valence-corrected chi connectivity index (χ0v) is 13.7. The van der Waals surface area contributed by atoms with Gasteiger partial charge in [-0.1, -0.05) is 0 Å². The molecule has 0 bridgehead atoms. The Labute approximate surface area is 130 Å². The molecular weight excluding hydrogens is 319 g/mol. The van der Waals surface area contributed by atoms with Crippen LogP contribution in [0.5, 0.6) is 0 Å². The maximum atomic E-state index is 4.69. The van der Waals surface area contributed by atoms with Gasteiger partial charge in [0, 0.05) is 0 Å². The van der Waals surface area contributed by atoms with Gasteiger partial charge in [0.05, 0.1) is 0 Å². The molecule has 2 aliphatic rings. The first-order chi connectivity index (χ1) is 9.84. The van der Waals surface area contributed by atoms with Crippen LogP contribution >= 0.6 is 0 Å². The van der Waals surface area contributed by atoms with Gasteiger partial charge < -0.3 is 2.85 Å². The molecule has 2 aromatic carbocycles. The topological polar surface area (TPSA) is 0 Å². The average molecular weight is 338 g/mol. The average Bonchev–Trinajstić information content (AvgIpc) is 3.11. The van der Waals surface area contributed by atoms with Crippen molar-refractivity contribution in [2.24, 2.45) is 0 Å². The molecule has 2 atom stereocenters. The monoisotopic (exact) mass is 336 g/mol. The Kier molecular flexibility index (Phi) is 3.04. The molecule has 0 saturated carbocycles. The number of fused-ring (bicyclic) bond motifs is 2. The predicted molar refractivity (Wildman–Crippen MR) is 85.8 cm³/mol. The van der Waals surface area contributed by atoms with Crippen molar-refractivity contribution >= 4 is 16.4 Å².